The van der Waals surface area contributed by atoms with Gasteiger partial charge in [-0.05, 0) is 19.1 Å². The van der Waals surface area contributed by atoms with E-state index in [1.807, 2.05) is 6.07 Å². The molecule has 0 saturated carbocycles. The third kappa shape index (κ3) is 2.00. The molecule has 1 heterocycles. The van der Waals surface area contributed by atoms with Gasteiger partial charge in [-0.15, -0.1) is 0 Å². The predicted molar refractivity (Wildman–Crippen MR) is 60.8 cm³/mol. The molecule has 1 aromatic carbocycles. The monoisotopic (exact) mass is 219 g/mol. The third-order valence-corrected chi connectivity index (χ3v) is 2.81. The van der Waals surface area contributed by atoms with Crippen molar-refractivity contribution in [2.45, 2.75) is 13.0 Å². The topological polar surface area (TPSA) is 39.1 Å². The van der Waals surface area contributed by atoms with E-state index in [0.29, 0.717) is 11.7 Å². The summed E-state index contributed by atoms with van der Waals surface area (Å²) in [6.07, 6.45) is 0. The average Bonchev–Trinajstić information content (AvgIpc) is 2.28. The summed E-state index contributed by atoms with van der Waals surface area (Å²) >= 11 is 0. The van der Waals surface area contributed by atoms with E-state index in [1.165, 1.54) is 6.07 Å². The van der Waals surface area contributed by atoms with Gasteiger partial charge < -0.3 is 10.2 Å². The van der Waals surface area contributed by atoms with Gasteiger partial charge in [-0.1, -0.05) is 6.07 Å². The second kappa shape index (κ2) is 4.50. The molecule has 3 nitrogen and oxygen atoms in total. The van der Waals surface area contributed by atoms with Crippen LogP contribution < -0.4 is 10.2 Å². The van der Waals surface area contributed by atoms with Crippen LogP contribution >= 0.6 is 0 Å². The summed E-state index contributed by atoms with van der Waals surface area (Å²) < 4.78 is 13.4. The SMILES string of the molecule is CC1CN(c2cccc(F)c2C#N)CCN1. The van der Waals surface area contributed by atoms with Crippen LogP contribution in [0.5, 0.6) is 0 Å². The summed E-state index contributed by atoms with van der Waals surface area (Å²) in [7, 11) is 0. The zero-order valence-corrected chi connectivity index (χ0v) is 9.20. The highest BCUT2D eigenvalue weighted by atomic mass is 19.1. The van der Waals surface area contributed by atoms with Gasteiger partial charge in [0.25, 0.3) is 0 Å². The summed E-state index contributed by atoms with van der Waals surface area (Å²) in [5.41, 5.74) is 0.854. The van der Waals surface area contributed by atoms with Gasteiger partial charge in [-0.25, -0.2) is 4.39 Å². The Morgan fingerprint density at radius 1 is 1.56 bits per heavy atom. The first kappa shape index (κ1) is 10.9. The number of hydrogen-bond acceptors (Lipinski definition) is 3. The lowest BCUT2D eigenvalue weighted by molar-refractivity contribution is 0.484. The molecule has 1 aliphatic rings. The number of nitrogens with one attached hydrogen (secondary N) is 1. The highest BCUT2D eigenvalue weighted by Gasteiger charge is 2.19. The predicted octanol–water partition coefficient (Wildman–Crippen LogP) is 1.50. The standard InChI is InChI=1S/C12H14FN3/c1-9-8-16(6-5-15-9)12-4-2-3-11(13)10(12)7-14/h2-4,9,15H,5-6,8H2,1H3. The largest absolute Gasteiger partial charge is 0.368 e. The van der Waals surface area contributed by atoms with Crippen LogP contribution in [0.3, 0.4) is 0 Å². The summed E-state index contributed by atoms with van der Waals surface area (Å²) in [6.45, 7) is 4.56. The summed E-state index contributed by atoms with van der Waals surface area (Å²) in [6, 6.07) is 7.09. The van der Waals surface area contributed by atoms with Crippen LogP contribution in [-0.2, 0) is 0 Å². The van der Waals surface area contributed by atoms with E-state index >= 15 is 0 Å². The number of rotatable bonds is 1. The second-order valence-electron chi connectivity index (χ2n) is 4.05. The Kier molecular flexibility index (Phi) is 3.07. The maximum absolute atomic E-state index is 13.4. The van der Waals surface area contributed by atoms with Crippen LogP contribution in [0.4, 0.5) is 10.1 Å². The fourth-order valence-electron chi connectivity index (χ4n) is 2.04. The highest BCUT2D eigenvalue weighted by molar-refractivity contribution is 5.60. The number of halogens is 1. The Morgan fingerprint density at radius 3 is 3.06 bits per heavy atom. The minimum absolute atomic E-state index is 0.150. The summed E-state index contributed by atoms with van der Waals surface area (Å²) in [4.78, 5) is 2.06. The fraction of sp³-hybridized carbons (Fsp3) is 0.417. The van der Waals surface area contributed by atoms with Crippen molar-refractivity contribution in [2.75, 3.05) is 24.5 Å². The van der Waals surface area contributed by atoms with Gasteiger partial charge >= 0.3 is 0 Å². The third-order valence-electron chi connectivity index (χ3n) is 2.81. The Morgan fingerprint density at radius 2 is 2.38 bits per heavy atom. The first-order valence-electron chi connectivity index (χ1n) is 5.39. The molecule has 1 saturated heterocycles. The van der Waals surface area contributed by atoms with E-state index in [-0.39, 0.29) is 5.56 Å². The molecule has 0 amide bonds. The molecule has 0 radical (unpaired) electrons. The molecule has 0 spiro atoms. The van der Waals surface area contributed by atoms with Gasteiger partial charge in [0.05, 0.1) is 5.69 Å². The van der Waals surface area contributed by atoms with Crippen LogP contribution in [0.1, 0.15) is 12.5 Å². The van der Waals surface area contributed by atoms with Crippen molar-refractivity contribution >= 4 is 5.69 Å². The molecular formula is C12H14FN3. The molecule has 1 unspecified atom stereocenters. The number of nitriles is 1. The lowest BCUT2D eigenvalue weighted by atomic mass is 10.1. The van der Waals surface area contributed by atoms with Crippen molar-refractivity contribution in [3.05, 3.63) is 29.6 Å². The van der Waals surface area contributed by atoms with Crippen molar-refractivity contribution in [3.63, 3.8) is 0 Å². The first-order valence-corrected chi connectivity index (χ1v) is 5.39. The van der Waals surface area contributed by atoms with Gasteiger partial charge in [-0.3, -0.25) is 0 Å². The minimum atomic E-state index is -0.439. The molecule has 1 fully saturated rings. The zero-order chi connectivity index (χ0) is 11.5. The first-order chi connectivity index (χ1) is 7.72. The van der Waals surface area contributed by atoms with Crippen LogP contribution in [-0.4, -0.2) is 25.7 Å². The van der Waals surface area contributed by atoms with Crippen LogP contribution in [0.2, 0.25) is 0 Å². The molecule has 2 rings (SSSR count). The minimum Gasteiger partial charge on any atom is -0.368 e. The molecule has 0 aliphatic carbocycles. The summed E-state index contributed by atoms with van der Waals surface area (Å²) in [5, 5.41) is 12.3. The molecule has 1 aliphatic heterocycles. The Bertz CT molecular complexity index is 425. The molecule has 1 N–H and O–H groups in total. The van der Waals surface area contributed by atoms with Crippen molar-refractivity contribution < 1.29 is 4.39 Å². The van der Waals surface area contributed by atoms with Gasteiger partial charge in [0.15, 0.2) is 0 Å². The van der Waals surface area contributed by atoms with Crippen molar-refractivity contribution in [1.29, 1.82) is 5.26 Å². The van der Waals surface area contributed by atoms with E-state index < -0.39 is 5.82 Å². The van der Waals surface area contributed by atoms with Gasteiger partial charge in [0.1, 0.15) is 17.4 Å². The Balaban J connectivity index is 2.33. The van der Waals surface area contributed by atoms with Gasteiger partial charge in [0.2, 0.25) is 0 Å². The zero-order valence-electron chi connectivity index (χ0n) is 9.20. The highest BCUT2D eigenvalue weighted by Crippen LogP contribution is 2.23. The molecule has 0 bridgehead atoms. The van der Waals surface area contributed by atoms with Crippen LogP contribution in [0.15, 0.2) is 18.2 Å². The van der Waals surface area contributed by atoms with Gasteiger partial charge in [-0.2, -0.15) is 5.26 Å². The number of nitrogens with zero attached hydrogens (tertiary/aromatic N) is 2. The fourth-order valence-corrected chi connectivity index (χ4v) is 2.04. The molecule has 16 heavy (non-hydrogen) atoms. The second-order valence-corrected chi connectivity index (χ2v) is 4.05. The van der Waals surface area contributed by atoms with E-state index in [4.69, 9.17) is 5.26 Å². The Labute approximate surface area is 94.5 Å². The van der Waals surface area contributed by atoms with Crippen LogP contribution in [0, 0.1) is 17.1 Å². The molecular weight excluding hydrogens is 205 g/mol. The van der Waals surface area contributed by atoms with Gasteiger partial charge in [0, 0.05) is 25.7 Å². The lowest BCUT2D eigenvalue weighted by Crippen LogP contribution is -2.49. The Hall–Kier alpha value is -1.60. The molecule has 1 atom stereocenters. The molecule has 0 aromatic heterocycles. The number of piperazine rings is 1. The smallest absolute Gasteiger partial charge is 0.143 e. The van der Waals surface area contributed by atoms with Crippen LogP contribution in [0.25, 0.3) is 0 Å². The lowest BCUT2D eigenvalue weighted by Gasteiger charge is -2.34. The van der Waals surface area contributed by atoms with E-state index in [2.05, 4.69) is 17.1 Å². The molecule has 1 aromatic rings. The quantitative estimate of drug-likeness (QED) is 0.778. The summed E-state index contributed by atoms with van der Waals surface area (Å²) in [5.74, 6) is -0.439. The van der Waals surface area contributed by atoms with E-state index in [9.17, 15) is 4.39 Å². The van der Waals surface area contributed by atoms with Crippen molar-refractivity contribution in [1.82, 2.24) is 5.32 Å². The maximum Gasteiger partial charge on any atom is 0.143 e. The number of hydrogen-bond donors (Lipinski definition) is 1. The van der Waals surface area contributed by atoms with E-state index in [1.54, 1.807) is 12.1 Å². The van der Waals surface area contributed by atoms with Crippen molar-refractivity contribution in [2.24, 2.45) is 0 Å². The molecule has 4 heteroatoms. The van der Waals surface area contributed by atoms with E-state index in [0.717, 1.165) is 19.6 Å². The maximum atomic E-state index is 13.4. The normalized spacial score (nSPS) is 20.6. The average molecular weight is 219 g/mol. The number of benzene rings is 1. The number of anilines is 1. The molecule has 84 valence electrons. The van der Waals surface area contributed by atoms with Crippen molar-refractivity contribution in [3.8, 4) is 6.07 Å².